The van der Waals surface area contributed by atoms with Crippen LogP contribution in [0.4, 0.5) is 5.82 Å². The van der Waals surface area contributed by atoms with Crippen molar-refractivity contribution in [2.24, 2.45) is 0 Å². The second kappa shape index (κ2) is 3.38. The van der Waals surface area contributed by atoms with Gasteiger partial charge in [0.15, 0.2) is 5.82 Å². The molecule has 1 amide bonds. The molecule has 14 heavy (non-hydrogen) atoms. The van der Waals surface area contributed by atoms with Gasteiger partial charge in [-0.2, -0.15) is 4.37 Å². The molecule has 0 fully saturated rings. The van der Waals surface area contributed by atoms with Crippen LogP contribution in [0.2, 0.25) is 0 Å². The molecule has 4 heteroatoms. The Labute approximate surface area is 86.1 Å². The summed E-state index contributed by atoms with van der Waals surface area (Å²) >= 11 is 1.42. The Hall–Kier alpha value is -1.42. The van der Waals surface area contributed by atoms with E-state index in [0.717, 1.165) is 15.9 Å². The quantitative estimate of drug-likeness (QED) is 0.717. The molecule has 1 heterocycles. The fourth-order valence-corrected chi connectivity index (χ4v) is 2.07. The fourth-order valence-electron chi connectivity index (χ4n) is 1.26. The SMILES string of the molecule is CC(=O)N(C)c1nsc2ccccc12. The summed E-state index contributed by atoms with van der Waals surface area (Å²) in [5.74, 6) is 0.749. The molecule has 1 aromatic carbocycles. The number of anilines is 1. The molecule has 0 unspecified atom stereocenters. The van der Waals surface area contributed by atoms with Crippen LogP contribution in [-0.4, -0.2) is 17.3 Å². The largest absolute Gasteiger partial charge is 0.299 e. The van der Waals surface area contributed by atoms with E-state index >= 15 is 0 Å². The molecule has 0 N–H and O–H groups in total. The number of benzene rings is 1. The minimum absolute atomic E-state index is 0.000975. The van der Waals surface area contributed by atoms with Crippen LogP contribution in [0.15, 0.2) is 24.3 Å². The summed E-state index contributed by atoms with van der Waals surface area (Å²) in [7, 11) is 1.74. The van der Waals surface area contributed by atoms with Crippen molar-refractivity contribution in [3.05, 3.63) is 24.3 Å². The molecule has 0 saturated carbocycles. The molecule has 0 aliphatic carbocycles. The highest BCUT2D eigenvalue weighted by Gasteiger charge is 2.12. The predicted molar refractivity (Wildman–Crippen MR) is 58.7 cm³/mol. The van der Waals surface area contributed by atoms with E-state index in [1.807, 2.05) is 24.3 Å². The van der Waals surface area contributed by atoms with E-state index in [0.29, 0.717) is 0 Å². The first-order valence-corrected chi connectivity index (χ1v) is 5.06. The van der Waals surface area contributed by atoms with Gasteiger partial charge in [-0.25, -0.2) is 0 Å². The van der Waals surface area contributed by atoms with Crippen LogP contribution in [0, 0.1) is 0 Å². The lowest BCUT2D eigenvalue weighted by Crippen LogP contribution is -2.23. The van der Waals surface area contributed by atoms with Crippen molar-refractivity contribution >= 4 is 33.3 Å². The summed E-state index contributed by atoms with van der Waals surface area (Å²) in [4.78, 5) is 12.7. The van der Waals surface area contributed by atoms with Crippen molar-refractivity contribution in [2.45, 2.75) is 6.92 Å². The van der Waals surface area contributed by atoms with Gasteiger partial charge in [0.2, 0.25) is 5.91 Å². The van der Waals surface area contributed by atoms with Crippen molar-refractivity contribution in [3.63, 3.8) is 0 Å². The highest BCUT2D eigenvalue weighted by atomic mass is 32.1. The van der Waals surface area contributed by atoms with E-state index in [1.165, 1.54) is 18.5 Å². The van der Waals surface area contributed by atoms with Gasteiger partial charge in [-0.1, -0.05) is 12.1 Å². The molecule has 0 spiro atoms. The van der Waals surface area contributed by atoms with Gasteiger partial charge in [-0.05, 0) is 23.7 Å². The maximum atomic E-state index is 11.2. The number of carbonyl (C=O) groups excluding carboxylic acids is 1. The van der Waals surface area contributed by atoms with Crippen molar-refractivity contribution in [1.82, 2.24) is 4.37 Å². The summed E-state index contributed by atoms with van der Waals surface area (Å²) < 4.78 is 5.37. The van der Waals surface area contributed by atoms with Crippen LogP contribution >= 0.6 is 11.5 Å². The van der Waals surface area contributed by atoms with E-state index in [1.54, 1.807) is 11.9 Å². The minimum Gasteiger partial charge on any atom is -0.299 e. The standard InChI is InChI=1S/C10H10N2OS/c1-7(13)12(2)10-8-5-3-4-6-9(8)14-11-10/h3-6H,1-2H3. The van der Waals surface area contributed by atoms with Gasteiger partial charge in [-0.15, -0.1) is 0 Å². The molecular formula is C10H10N2OS. The van der Waals surface area contributed by atoms with Crippen LogP contribution < -0.4 is 4.90 Å². The number of aromatic nitrogens is 1. The summed E-state index contributed by atoms with van der Waals surface area (Å²) in [5, 5.41) is 1.04. The first-order valence-electron chi connectivity index (χ1n) is 4.29. The third kappa shape index (κ3) is 1.37. The second-order valence-electron chi connectivity index (χ2n) is 3.08. The van der Waals surface area contributed by atoms with Gasteiger partial charge in [0.1, 0.15) is 0 Å². The molecule has 0 saturated heterocycles. The predicted octanol–water partition coefficient (Wildman–Crippen LogP) is 2.28. The van der Waals surface area contributed by atoms with Gasteiger partial charge in [0.25, 0.3) is 0 Å². The van der Waals surface area contributed by atoms with Crippen LogP contribution in [-0.2, 0) is 4.79 Å². The average molecular weight is 206 g/mol. The van der Waals surface area contributed by atoms with Crippen LogP contribution in [0.5, 0.6) is 0 Å². The van der Waals surface area contributed by atoms with Crippen molar-refractivity contribution in [2.75, 3.05) is 11.9 Å². The van der Waals surface area contributed by atoms with Gasteiger partial charge in [0, 0.05) is 19.4 Å². The third-order valence-corrected chi connectivity index (χ3v) is 2.97. The van der Waals surface area contributed by atoms with E-state index in [-0.39, 0.29) is 5.91 Å². The number of hydrogen-bond donors (Lipinski definition) is 0. The molecule has 0 atom stereocenters. The lowest BCUT2D eigenvalue weighted by Gasteiger charge is -2.11. The topological polar surface area (TPSA) is 33.2 Å². The molecule has 0 aliphatic heterocycles. The Morgan fingerprint density at radius 1 is 1.43 bits per heavy atom. The first kappa shape index (κ1) is 9.15. The lowest BCUT2D eigenvalue weighted by atomic mass is 10.2. The normalized spacial score (nSPS) is 10.4. The van der Waals surface area contributed by atoms with Gasteiger partial charge in [-0.3, -0.25) is 9.69 Å². The van der Waals surface area contributed by atoms with Crippen LogP contribution in [0.1, 0.15) is 6.92 Å². The average Bonchev–Trinajstić information content (AvgIpc) is 2.60. The van der Waals surface area contributed by atoms with E-state index in [4.69, 9.17) is 0 Å². The number of rotatable bonds is 1. The number of nitrogens with zero attached hydrogens (tertiary/aromatic N) is 2. The Morgan fingerprint density at radius 2 is 2.14 bits per heavy atom. The van der Waals surface area contributed by atoms with Gasteiger partial charge in [0.05, 0.1) is 4.70 Å². The Balaban J connectivity index is 2.58. The molecule has 0 aliphatic rings. The van der Waals surface area contributed by atoms with E-state index in [2.05, 4.69) is 4.37 Å². The smallest absolute Gasteiger partial charge is 0.224 e. The third-order valence-electron chi connectivity index (χ3n) is 2.15. The highest BCUT2D eigenvalue weighted by Crippen LogP contribution is 2.28. The monoisotopic (exact) mass is 206 g/mol. The lowest BCUT2D eigenvalue weighted by molar-refractivity contribution is -0.116. The molecule has 3 nitrogen and oxygen atoms in total. The first-order chi connectivity index (χ1) is 6.70. The number of fused-ring (bicyclic) bond motifs is 1. The number of hydrogen-bond acceptors (Lipinski definition) is 3. The zero-order valence-electron chi connectivity index (χ0n) is 8.02. The molecule has 1 aromatic heterocycles. The maximum absolute atomic E-state index is 11.2. The van der Waals surface area contributed by atoms with E-state index < -0.39 is 0 Å². The molecule has 2 aromatic rings. The van der Waals surface area contributed by atoms with Crippen molar-refractivity contribution < 1.29 is 4.79 Å². The zero-order valence-corrected chi connectivity index (χ0v) is 8.84. The zero-order chi connectivity index (χ0) is 10.1. The summed E-state index contributed by atoms with van der Waals surface area (Å²) in [6, 6.07) is 7.91. The Bertz CT molecular complexity index is 478. The number of carbonyl (C=O) groups is 1. The fraction of sp³-hybridized carbons (Fsp3) is 0.200. The van der Waals surface area contributed by atoms with Gasteiger partial charge < -0.3 is 0 Å². The van der Waals surface area contributed by atoms with Crippen molar-refractivity contribution in [3.8, 4) is 0 Å². The molecule has 0 bridgehead atoms. The summed E-state index contributed by atoms with van der Waals surface area (Å²) in [6.07, 6.45) is 0. The highest BCUT2D eigenvalue weighted by molar-refractivity contribution is 7.13. The summed E-state index contributed by atoms with van der Waals surface area (Å²) in [5.41, 5.74) is 0. The Morgan fingerprint density at radius 3 is 2.86 bits per heavy atom. The van der Waals surface area contributed by atoms with Crippen LogP contribution in [0.3, 0.4) is 0 Å². The minimum atomic E-state index is 0.000975. The Kier molecular flexibility index (Phi) is 2.21. The molecule has 0 radical (unpaired) electrons. The molecule has 2 rings (SSSR count). The summed E-state index contributed by atoms with van der Waals surface area (Å²) in [6.45, 7) is 1.54. The molecule has 72 valence electrons. The maximum Gasteiger partial charge on any atom is 0.224 e. The van der Waals surface area contributed by atoms with E-state index in [9.17, 15) is 4.79 Å². The van der Waals surface area contributed by atoms with Crippen molar-refractivity contribution in [1.29, 1.82) is 0 Å². The number of amides is 1. The molecular weight excluding hydrogens is 196 g/mol. The second-order valence-corrected chi connectivity index (χ2v) is 3.89. The van der Waals surface area contributed by atoms with Crippen LogP contribution in [0.25, 0.3) is 10.1 Å². The van der Waals surface area contributed by atoms with Gasteiger partial charge >= 0.3 is 0 Å².